The topological polar surface area (TPSA) is 191 Å². The first-order chi connectivity index (χ1) is 34.8. The van der Waals surface area contributed by atoms with Gasteiger partial charge in [0, 0.05) is 40.5 Å². The average Bonchev–Trinajstić information content (AvgIpc) is 3.99. The molecule has 0 atom stereocenters. The van der Waals surface area contributed by atoms with Gasteiger partial charge in [0.2, 0.25) is 11.4 Å². The number of rotatable bonds is 22. The van der Waals surface area contributed by atoms with Gasteiger partial charge in [-0.15, -0.1) is 20.4 Å². The van der Waals surface area contributed by atoms with Gasteiger partial charge in [-0.1, -0.05) is 39.3 Å². The minimum absolute atomic E-state index is 0.00804. The van der Waals surface area contributed by atoms with Crippen LogP contribution in [0, 0.1) is 10.8 Å². The second kappa shape index (κ2) is 24.4. The second-order valence-corrected chi connectivity index (χ2v) is 32.7. The van der Waals surface area contributed by atoms with Gasteiger partial charge in [-0.05, 0) is 113 Å². The molecule has 4 heterocycles. The van der Waals surface area contributed by atoms with Gasteiger partial charge < -0.3 is 28.8 Å². The Hall–Kier alpha value is -6.51. The van der Waals surface area contributed by atoms with Crippen molar-refractivity contribution in [2.24, 2.45) is 10.8 Å². The Bertz CT molecular complexity index is 2810. The number of carboxylic acid groups (broad SMARTS) is 1. The zero-order valence-corrected chi connectivity index (χ0v) is 46.0. The molecule has 0 unspecified atom stereocenters. The van der Waals surface area contributed by atoms with Crippen LogP contribution in [0.3, 0.4) is 0 Å². The maximum Gasteiger partial charge on any atom is 0.457 e. The lowest BCUT2D eigenvalue weighted by atomic mass is 9.95. The normalized spacial score (nSPS) is 12.5. The Morgan fingerprint density at radius 3 is 1.21 bits per heavy atom. The van der Waals surface area contributed by atoms with E-state index in [1.807, 2.05) is 0 Å². The number of halogens is 6. The molecule has 0 saturated carbocycles. The fraction of sp³-hybridized carbons (Fsp3) is 0.451. The quantitative estimate of drug-likeness (QED) is 0.0192. The number of esters is 1. The molecular formula is C51H66F6N8O8Si2+2. The van der Waals surface area contributed by atoms with Crippen LogP contribution in [0.1, 0.15) is 39.1 Å². The lowest BCUT2D eigenvalue weighted by Crippen LogP contribution is -2.36. The predicted molar refractivity (Wildman–Crippen MR) is 271 cm³/mol. The van der Waals surface area contributed by atoms with Gasteiger partial charge in [0.05, 0.1) is 29.3 Å². The summed E-state index contributed by atoms with van der Waals surface area (Å²) in [6.45, 7) is 20.8. The van der Waals surface area contributed by atoms with Crippen LogP contribution < -0.4 is 18.6 Å². The van der Waals surface area contributed by atoms with E-state index in [0.717, 1.165) is 30.0 Å². The van der Waals surface area contributed by atoms with Crippen molar-refractivity contribution in [2.45, 2.75) is 105 Å². The fourth-order valence-corrected chi connectivity index (χ4v) is 8.01. The molecule has 0 radical (unpaired) electrons. The third kappa shape index (κ3) is 17.8. The number of carbonyl (C=O) groups is 2. The van der Waals surface area contributed by atoms with E-state index in [9.17, 15) is 41.0 Å². The van der Waals surface area contributed by atoms with Crippen molar-refractivity contribution in [3.8, 4) is 57.1 Å². The number of nitrogens with zero attached hydrogens (tertiary/aromatic N) is 6. The number of imidazole rings is 2. The summed E-state index contributed by atoms with van der Waals surface area (Å²) >= 11 is 0. The van der Waals surface area contributed by atoms with E-state index in [-0.39, 0.29) is 55.7 Å². The number of aliphatic carboxylic acids is 1. The van der Waals surface area contributed by atoms with Gasteiger partial charge in [0.15, 0.2) is 24.8 Å². The van der Waals surface area contributed by atoms with Crippen LogP contribution in [0.2, 0.25) is 51.4 Å². The van der Waals surface area contributed by atoms with Crippen molar-refractivity contribution in [1.82, 2.24) is 30.4 Å². The van der Waals surface area contributed by atoms with E-state index < -0.39 is 56.7 Å². The molecule has 3 N–H and O–H groups in total. The number of carbonyl (C=O) groups excluding carboxylic acids is 1. The molecule has 0 saturated heterocycles. The maximum atomic E-state index is 13.4. The first kappa shape index (κ1) is 59.4. The molecule has 406 valence electrons. The standard InChI is InChI=1S/C26H33F3N4O4Si.C25H31F3N4O4Si/c1-25(2,24(34)35-3)16-37-19-9-7-18(8-10-19)20-11-12-21(32-31-20)23-30-22(26(27,28)29)15-33(23)17-36-13-14-38(4,5)6;1-24(2,23(33)34)15-36-18-8-6-17(7-9-18)19-10-11-20(31-30-19)22-29-21(25(26,27)28)14-32(22)16-35-12-13-37(3,4)5/h7-12,15H,13-14,16-17H2,1-6H3;6-11,14H,12-13,15-16H2,1-5H3,(H,33,34)/p+2. The molecule has 6 rings (SSSR count). The van der Waals surface area contributed by atoms with Gasteiger partial charge >= 0.3 is 35.9 Å². The van der Waals surface area contributed by atoms with Crippen LogP contribution in [0.5, 0.6) is 11.5 Å². The van der Waals surface area contributed by atoms with Gasteiger partial charge in [-0.3, -0.25) is 9.59 Å². The molecule has 0 aliphatic heterocycles. The zero-order valence-electron chi connectivity index (χ0n) is 44.0. The van der Waals surface area contributed by atoms with E-state index >= 15 is 0 Å². The summed E-state index contributed by atoms with van der Waals surface area (Å²) in [6.07, 6.45) is -7.12. The van der Waals surface area contributed by atoms with Gasteiger partial charge in [-0.25, -0.2) is 19.1 Å². The van der Waals surface area contributed by atoms with Crippen molar-refractivity contribution < 1.29 is 73.9 Å². The van der Waals surface area contributed by atoms with Gasteiger partial charge in [-0.2, -0.15) is 26.3 Å². The van der Waals surface area contributed by atoms with Crippen molar-refractivity contribution >= 4 is 28.1 Å². The monoisotopic (exact) mass is 1090 g/mol. The van der Waals surface area contributed by atoms with Crippen LogP contribution >= 0.6 is 0 Å². The Balaban J connectivity index is 0.000000277. The lowest BCUT2D eigenvalue weighted by molar-refractivity contribution is -0.722. The number of H-pyrrole nitrogens is 2. The molecule has 0 fully saturated rings. The molecule has 0 amide bonds. The highest BCUT2D eigenvalue weighted by Gasteiger charge is 2.41. The molecular weight excluding hydrogens is 1020 g/mol. The van der Waals surface area contributed by atoms with Gasteiger partial charge in [0.25, 0.3) is 0 Å². The van der Waals surface area contributed by atoms with Crippen molar-refractivity contribution in [2.75, 3.05) is 33.5 Å². The van der Waals surface area contributed by atoms with Gasteiger partial charge in [0.1, 0.15) is 37.1 Å². The van der Waals surface area contributed by atoms with Crippen molar-refractivity contribution in [1.29, 1.82) is 0 Å². The first-order valence-corrected chi connectivity index (χ1v) is 31.3. The molecule has 6 aromatic rings. The van der Waals surface area contributed by atoms with Crippen molar-refractivity contribution in [3.05, 3.63) is 96.6 Å². The Labute approximate surface area is 433 Å². The minimum Gasteiger partial charge on any atom is -0.492 e. The number of aromatic amines is 2. The summed E-state index contributed by atoms with van der Waals surface area (Å²) in [5.74, 6) is 0.0441. The van der Waals surface area contributed by atoms with E-state index in [1.54, 1.807) is 100 Å². The summed E-state index contributed by atoms with van der Waals surface area (Å²) in [6, 6.07) is 22.3. The number of carboxylic acids is 1. The van der Waals surface area contributed by atoms with Crippen LogP contribution in [0.25, 0.3) is 45.6 Å². The third-order valence-electron chi connectivity index (χ3n) is 11.3. The molecule has 24 heteroatoms. The number of alkyl halides is 6. The number of nitrogens with one attached hydrogen (secondary N) is 2. The largest absolute Gasteiger partial charge is 0.492 e. The molecule has 2 aromatic carbocycles. The number of hydrogen-bond acceptors (Lipinski definition) is 11. The second-order valence-electron chi connectivity index (χ2n) is 21.5. The van der Waals surface area contributed by atoms with Crippen LogP contribution in [-0.2, 0) is 49.6 Å². The highest BCUT2D eigenvalue weighted by molar-refractivity contribution is 6.76. The number of aromatic nitrogens is 8. The first-order valence-electron chi connectivity index (χ1n) is 23.9. The fourth-order valence-electron chi connectivity index (χ4n) is 6.49. The lowest BCUT2D eigenvalue weighted by Gasteiger charge is -2.21. The number of benzene rings is 2. The van der Waals surface area contributed by atoms with Crippen LogP contribution in [0.4, 0.5) is 26.3 Å². The number of ether oxygens (including phenoxy) is 5. The maximum absolute atomic E-state index is 13.4. The van der Waals surface area contributed by atoms with E-state index in [2.05, 4.69) is 69.6 Å². The molecule has 0 aliphatic carbocycles. The minimum atomic E-state index is -4.55. The summed E-state index contributed by atoms with van der Waals surface area (Å²) in [4.78, 5) is 27.9. The zero-order chi connectivity index (χ0) is 55.6. The van der Waals surface area contributed by atoms with Crippen molar-refractivity contribution in [3.63, 3.8) is 0 Å². The Morgan fingerprint density at radius 1 is 0.560 bits per heavy atom. The molecule has 0 aliphatic rings. The van der Waals surface area contributed by atoms with E-state index in [4.69, 9.17) is 23.7 Å². The molecule has 0 spiro atoms. The SMILES string of the molecule is CC(C)(COc1ccc(-c2ccc(-c3[nH]c(C(F)(F)F)c[n+]3COCC[Si](C)(C)C)nn2)cc1)C(=O)O.COC(=O)C(C)(C)COc1ccc(-c2ccc(-c3[nH]c(C(F)(F)F)c[n+]3COCC[Si](C)(C)C)nn2)cc1. The summed E-state index contributed by atoms with van der Waals surface area (Å²) in [5, 5.41) is 25.9. The van der Waals surface area contributed by atoms with Crippen LogP contribution in [0.15, 0.2) is 85.2 Å². The molecule has 16 nitrogen and oxygen atoms in total. The summed E-state index contributed by atoms with van der Waals surface area (Å²) < 4.78 is 110. The highest BCUT2D eigenvalue weighted by atomic mass is 28.3. The molecule has 4 aromatic heterocycles. The smallest absolute Gasteiger partial charge is 0.457 e. The average molecular weight is 1090 g/mol. The Kier molecular flexibility index (Phi) is 19.3. The molecule has 75 heavy (non-hydrogen) atoms. The van der Waals surface area contributed by atoms with E-state index in [1.165, 1.54) is 16.2 Å². The summed E-state index contributed by atoms with van der Waals surface area (Å²) in [5.41, 5.74) is -0.608. The number of methoxy groups -OCH3 is 1. The van der Waals surface area contributed by atoms with E-state index in [0.29, 0.717) is 41.7 Å². The third-order valence-corrected chi connectivity index (χ3v) is 14.8. The summed E-state index contributed by atoms with van der Waals surface area (Å²) in [7, 11) is -1.33. The highest BCUT2D eigenvalue weighted by Crippen LogP contribution is 2.31. The predicted octanol–water partition coefficient (Wildman–Crippen LogP) is 10.6. The molecule has 0 bridgehead atoms. The Morgan fingerprint density at radius 2 is 0.907 bits per heavy atom. The number of hydrogen-bond donors (Lipinski definition) is 3. The van der Waals surface area contributed by atoms with Crippen LogP contribution in [-0.4, -0.2) is 97.1 Å².